The van der Waals surface area contributed by atoms with Crippen LogP contribution in [0.4, 0.5) is 0 Å². The van der Waals surface area contributed by atoms with Gasteiger partial charge in [0.2, 0.25) is 0 Å². The van der Waals surface area contributed by atoms with E-state index in [0.717, 1.165) is 32.8 Å². The number of carbonyl (C=O) groups is 1. The SMILES string of the molecule is COP(=O)(NCCOC(=O)C(C)(C)CCN1CCOCC1)OC.[HH]. The summed E-state index contributed by atoms with van der Waals surface area (Å²) < 4.78 is 31.8. The molecule has 1 aliphatic rings. The summed E-state index contributed by atoms with van der Waals surface area (Å²) in [7, 11) is -0.693. The monoisotopic (exact) mass is 354 g/mol. The third-order valence-electron chi connectivity index (χ3n) is 3.83. The van der Waals surface area contributed by atoms with Gasteiger partial charge in [0, 0.05) is 35.3 Å². The molecule has 0 radical (unpaired) electrons. The molecule has 0 aromatic carbocycles. The first-order valence-electron chi connectivity index (χ1n) is 7.77. The summed E-state index contributed by atoms with van der Waals surface area (Å²) in [5, 5.41) is 2.60. The summed E-state index contributed by atoms with van der Waals surface area (Å²) in [5.74, 6) is -0.266. The van der Waals surface area contributed by atoms with Gasteiger partial charge in [0.05, 0.1) is 18.6 Å². The van der Waals surface area contributed by atoms with Crippen molar-refractivity contribution >= 4 is 13.7 Å². The first-order chi connectivity index (χ1) is 10.8. The van der Waals surface area contributed by atoms with Crippen molar-refractivity contribution in [3.63, 3.8) is 0 Å². The molecule has 8 nitrogen and oxygen atoms in total. The minimum absolute atomic E-state index is 0. The van der Waals surface area contributed by atoms with Crippen LogP contribution in [0.2, 0.25) is 0 Å². The van der Waals surface area contributed by atoms with E-state index in [1.54, 1.807) is 0 Å². The first kappa shape index (κ1) is 20.5. The molecule has 0 aromatic rings. The van der Waals surface area contributed by atoms with E-state index >= 15 is 0 Å². The van der Waals surface area contributed by atoms with E-state index in [-0.39, 0.29) is 20.5 Å². The average molecular weight is 354 g/mol. The Morgan fingerprint density at radius 2 is 1.91 bits per heavy atom. The molecule has 1 heterocycles. The Hall–Kier alpha value is -0.500. The maximum absolute atomic E-state index is 12.2. The van der Waals surface area contributed by atoms with Crippen LogP contribution in [-0.4, -0.2) is 71.1 Å². The summed E-state index contributed by atoms with van der Waals surface area (Å²) in [5.41, 5.74) is -0.565. The second-order valence-electron chi connectivity index (χ2n) is 5.99. The van der Waals surface area contributed by atoms with Gasteiger partial charge in [-0.3, -0.25) is 9.69 Å². The average Bonchev–Trinajstić information content (AvgIpc) is 2.57. The van der Waals surface area contributed by atoms with Crippen LogP contribution in [0.5, 0.6) is 0 Å². The predicted octanol–water partition coefficient (Wildman–Crippen LogP) is 1.51. The molecule has 23 heavy (non-hydrogen) atoms. The molecule has 0 unspecified atom stereocenters. The zero-order valence-corrected chi connectivity index (χ0v) is 15.4. The third kappa shape index (κ3) is 7.28. The molecule has 1 fully saturated rings. The van der Waals surface area contributed by atoms with E-state index in [4.69, 9.17) is 18.5 Å². The standard InChI is InChI=1S/C14H29N2O6P.H2/c1-14(2,5-7-16-8-11-21-12-9-16)13(17)22-10-6-15-23(18,19-3)20-4;/h5-12H2,1-4H3,(H,15,18);1H. The van der Waals surface area contributed by atoms with Crippen molar-refractivity contribution in [2.24, 2.45) is 5.41 Å². The molecule has 0 aromatic heterocycles. The lowest BCUT2D eigenvalue weighted by atomic mass is 9.89. The topological polar surface area (TPSA) is 86.3 Å². The van der Waals surface area contributed by atoms with Crippen molar-refractivity contribution in [3.05, 3.63) is 0 Å². The largest absolute Gasteiger partial charge is 0.464 e. The molecule has 1 rings (SSSR count). The number of ether oxygens (including phenoxy) is 2. The van der Waals surface area contributed by atoms with Crippen LogP contribution in [0.25, 0.3) is 0 Å². The van der Waals surface area contributed by atoms with E-state index in [1.165, 1.54) is 14.2 Å². The molecule has 1 saturated heterocycles. The van der Waals surface area contributed by atoms with Crippen LogP contribution in [0, 0.1) is 5.41 Å². The molecule has 0 atom stereocenters. The van der Waals surface area contributed by atoms with Crippen molar-refractivity contribution in [1.82, 2.24) is 9.99 Å². The van der Waals surface area contributed by atoms with Crippen molar-refractivity contribution in [3.8, 4) is 0 Å². The van der Waals surface area contributed by atoms with Crippen molar-refractivity contribution < 1.29 is 29.3 Å². The molecule has 138 valence electrons. The zero-order chi connectivity index (χ0) is 17.3. The highest BCUT2D eigenvalue weighted by molar-refractivity contribution is 7.51. The van der Waals surface area contributed by atoms with Crippen LogP contribution in [0.3, 0.4) is 0 Å². The Kier molecular flexibility index (Phi) is 8.68. The normalized spacial score (nSPS) is 17.2. The van der Waals surface area contributed by atoms with Crippen molar-refractivity contribution in [1.29, 1.82) is 0 Å². The maximum atomic E-state index is 12.2. The van der Waals surface area contributed by atoms with Crippen LogP contribution in [0.15, 0.2) is 0 Å². The lowest BCUT2D eigenvalue weighted by molar-refractivity contribution is -0.154. The molecule has 0 aliphatic carbocycles. The number of esters is 1. The minimum Gasteiger partial charge on any atom is -0.464 e. The van der Waals surface area contributed by atoms with Gasteiger partial charge in [-0.1, -0.05) is 0 Å². The van der Waals surface area contributed by atoms with Crippen LogP contribution in [-0.2, 0) is 27.9 Å². The van der Waals surface area contributed by atoms with Gasteiger partial charge in [-0.2, -0.15) is 0 Å². The Balaban J connectivity index is 0.00000529. The van der Waals surface area contributed by atoms with Gasteiger partial charge in [-0.15, -0.1) is 0 Å². The van der Waals surface area contributed by atoms with Gasteiger partial charge in [0.25, 0.3) is 0 Å². The van der Waals surface area contributed by atoms with Crippen LogP contribution >= 0.6 is 7.75 Å². The lowest BCUT2D eigenvalue weighted by Gasteiger charge is -2.30. The number of carbonyl (C=O) groups excluding carboxylic acids is 1. The molecule has 0 amide bonds. The highest BCUT2D eigenvalue weighted by Crippen LogP contribution is 2.40. The summed E-state index contributed by atoms with van der Waals surface area (Å²) in [6, 6.07) is 0. The highest BCUT2D eigenvalue weighted by Gasteiger charge is 2.30. The summed E-state index contributed by atoms with van der Waals surface area (Å²) >= 11 is 0. The van der Waals surface area contributed by atoms with E-state index < -0.39 is 13.2 Å². The van der Waals surface area contributed by atoms with Crippen LogP contribution < -0.4 is 5.09 Å². The van der Waals surface area contributed by atoms with Gasteiger partial charge < -0.3 is 18.5 Å². The van der Waals surface area contributed by atoms with Gasteiger partial charge in [-0.25, -0.2) is 9.65 Å². The number of morpholine rings is 1. The van der Waals surface area contributed by atoms with E-state index in [2.05, 4.69) is 9.99 Å². The van der Waals surface area contributed by atoms with E-state index in [0.29, 0.717) is 6.42 Å². The van der Waals surface area contributed by atoms with Crippen LogP contribution in [0.1, 0.15) is 21.7 Å². The van der Waals surface area contributed by atoms with Gasteiger partial charge >= 0.3 is 13.7 Å². The van der Waals surface area contributed by atoms with Gasteiger partial charge in [0.1, 0.15) is 6.61 Å². The maximum Gasteiger partial charge on any atom is 0.405 e. The van der Waals surface area contributed by atoms with E-state index in [9.17, 15) is 9.36 Å². The Morgan fingerprint density at radius 3 is 2.48 bits per heavy atom. The fourth-order valence-corrected chi connectivity index (χ4v) is 2.86. The van der Waals surface area contributed by atoms with E-state index in [1.807, 2.05) is 13.8 Å². The van der Waals surface area contributed by atoms with Gasteiger partial charge in [-0.05, 0) is 26.8 Å². The number of nitrogens with one attached hydrogen (secondary N) is 1. The number of hydrogen-bond donors (Lipinski definition) is 1. The Bertz CT molecular complexity index is 410. The predicted molar refractivity (Wildman–Crippen MR) is 88.4 cm³/mol. The molecular weight excluding hydrogens is 323 g/mol. The summed E-state index contributed by atoms with van der Waals surface area (Å²) in [6.07, 6.45) is 0.716. The minimum atomic E-state index is -3.27. The zero-order valence-electron chi connectivity index (χ0n) is 14.5. The summed E-state index contributed by atoms with van der Waals surface area (Å²) in [4.78, 5) is 14.5. The van der Waals surface area contributed by atoms with Crippen molar-refractivity contribution in [2.45, 2.75) is 20.3 Å². The first-order valence-corrected chi connectivity index (χ1v) is 9.31. The molecular formula is C14H31N2O6P. The second kappa shape index (κ2) is 9.71. The molecule has 0 saturated carbocycles. The molecule has 9 heteroatoms. The number of nitrogens with zero attached hydrogens (tertiary/aromatic N) is 1. The second-order valence-corrected chi connectivity index (χ2v) is 8.04. The van der Waals surface area contributed by atoms with Crippen molar-refractivity contribution in [2.75, 3.05) is 60.2 Å². The Labute approximate surface area is 139 Å². The Morgan fingerprint density at radius 1 is 1.30 bits per heavy atom. The quantitative estimate of drug-likeness (QED) is 0.359. The lowest BCUT2D eigenvalue weighted by Crippen LogP contribution is -2.40. The molecule has 1 aliphatic heterocycles. The molecule has 1 N–H and O–H groups in total. The molecule has 0 bridgehead atoms. The number of hydrogen-bond acceptors (Lipinski definition) is 7. The number of rotatable bonds is 10. The fourth-order valence-electron chi connectivity index (χ4n) is 2.09. The van der Waals surface area contributed by atoms with Gasteiger partial charge in [0.15, 0.2) is 0 Å². The highest BCUT2D eigenvalue weighted by atomic mass is 31.2. The smallest absolute Gasteiger partial charge is 0.405 e. The summed E-state index contributed by atoms with van der Waals surface area (Å²) in [6.45, 7) is 8.19. The molecule has 0 spiro atoms. The third-order valence-corrected chi connectivity index (χ3v) is 5.40. The fraction of sp³-hybridized carbons (Fsp3) is 0.929.